The molecule has 0 amide bonds. The minimum Gasteiger partial charge on any atom is -0.507 e. The highest BCUT2D eigenvalue weighted by Gasteiger charge is 2.26. The van der Waals surface area contributed by atoms with E-state index in [-0.39, 0.29) is 16.3 Å². The first-order chi connectivity index (χ1) is 13.6. The van der Waals surface area contributed by atoms with E-state index < -0.39 is 0 Å². The topological polar surface area (TPSA) is 82.4 Å². The van der Waals surface area contributed by atoms with Gasteiger partial charge >= 0.3 is 0 Å². The highest BCUT2D eigenvalue weighted by Crippen LogP contribution is 2.41. The number of aromatic hydroxyl groups is 1. The van der Waals surface area contributed by atoms with Crippen LogP contribution in [-0.4, -0.2) is 30.9 Å². The normalized spacial score (nSPS) is 12.2. The smallest absolute Gasteiger partial charge is 0.123 e. The average molecular weight is 430 g/mol. The molecule has 5 nitrogen and oxygen atoms in total. The molecule has 30 heavy (non-hydrogen) atoms. The fraction of sp³-hybridized carbons (Fsp3) is 0.500. The summed E-state index contributed by atoms with van der Waals surface area (Å²) in [5.74, 6) is 1.52. The van der Waals surface area contributed by atoms with E-state index in [9.17, 15) is 5.11 Å². The van der Waals surface area contributed by atoms with Crippen LogP contribution in [0.25, 0.3) is 11.4 Å². The Morgan fingerprint density at radius 1 is 0.933 bits per heavy atom. The third-order valence-corrected chi connectivity index (χ3v) is 6.21. The largest absolute Gasteiger partial charge is 0.507 e. The number of imidazole rings is 1. The van der Waals surface area contributed by atoms with Gasteiger partial charge in [-0.1, -0.05) is 41.5 Å². The molecular weight excluding hydrogens is 394 g/mol. The van der Waals surface area contributed by atoms with Crippen LogP contribution in [-0.2, 0) is 17.4 Å². The first-order valence-electron chi connectivity index (χ1n) is 10.3. The van der Waals surface area contributed by atoms with E-state index in [1.54, 1.807) is 6.33 Å². The number of pyridine rings is 1. The van der Waals surface area contributed by atoms with Crippen LogP contribution in [0.15, 0.2) is 41.8 Å². The molecule has 3 N–H and O–H groups in total. The minimum atomic E-state index is -0.0837. The zero-order valence-electron chi connectivity index (χ0n) is 19.0. The maximum Gasteiger partial charge on any atom is 0.123 e. The van der Waals surface area contributed by atoms with Gasteiger partial charge in [0.2, 0.25) is 0 Å². The molecule has 1 aromatic rings. The van der Waals surface area contributed by atoms with E-state index in [2.05, 4.69) is 80.6 Å². The van der Waals surface area contributed by atoms with E-state index in [4.69, 9.17) is 0 Å². The molecule has 0 aromatic heterocycles. The Morgan fingerprint density at radius 3 is 2.13 bits per heavy atom. The van der Waals surface area contributed by atoms with Gasteiger partial charge in [0.25, 0.3) is 0 Å². The number of fused-ring (bicyclic) bond motifs is 1. The van der Waals surface area contributed by atoms with Crippen LogP contribution in [0, 0.1) is 0 Å². The van der Waals surface area contributed by atoms with Crippen LogP contribution in [0.1, 0.15) is 65.5 Å². The number of phenols is 1. The van der Waals surface area contributed by atoms with Crippen molar-refractivity contribution in [2.75, 3.05) is 5.75 Å². The summed E-state index contributed by atoms with van der Waals surface area (Å²) in [6.07, 6.45) is 8.02. The summed E-state index contributed by atoms with van der Waals surface area (Å²) < 4.78 is 2.19. The van der Waals surface area contributed by atoms with Gasteiger partial charge in [-0.3, -0.25) is 0 Å². The van der Waals surface area contributed by atoms with Crippen molar-refractivity contribution in [1.82, 2.24) is 14.5 Å². The number of aryl methyl sites for hydroxylation is 1. The van der Waals surface area contributed by atoms with E-state index in [0.717, 1.165) is 47.7 Å². The maximum absolute atomic E-state index is 10.9. The average Bonchev–Trinajstić information content (AvgIpc) is 3.08. The van der Waals surface area contributed by atoms with Gasteiger partial charge in [0.15, 0.2) is 0 Å². The lowest BCUT2D eigenvalue weighted by Gasteiger charge is -2.28. The molecule has 0 aliphatic carbocycles. The summed E-state index contributed by atoms with van der Waals surface area (Å²) in [6, 6.07) is 6.37. The number of benzene rings is 1. The summed E-state index contributed by atoms with van der Waals surface area (Å²) in [5, 5.41) is 10.9. The third-order valence-electron chi connectivity index (χ3n) is 5.15. The molecule has 164 valence electrons. The molecule has 0 saturated heterocycles. The van der Waals surface area contributed by atoms with Crippen LogP contribution in [0.3, 0.4) is 0 Å². The first-order valence-corrected chi connectivity index (χ1v) is 11.3. The van der Waals surface area contributed by atoms with E-state index in [1.165, 1.54) is 4.90 Å². The lowest BCUT2D eigenvalue weighted by Crippen LogP contribution is -2.17. The second-order valence-corrected chi connectivity index (χ2v) is 10.9. The van der Waals surface area contributed by atoms with Crippen molar-refractivity contribution >= 4 is 11.8 Å². The van der Waals surface area contributed by atoms with Crippen molar-refractivity contribution in [3.63, 3.8) is 0 Å². The summed E-state index contributed by atoms with van der Waals surface area (Å²) >= 11 is 1.89. The van der Waals surface area contributed by atoms with Crippen LogP contribution in [0.2, 0.25) is 0 Å². The highest BCUT2D eigenvalue weighted by molar-refractivity contribution is 7.99. The summed E-state index contributed by atoms with van der Waals surface area (Å²) in [7, 11) is 0. The van der Waals surface area contributed by atoms with Crippen LogP contribution in [0.5, 0.6) is 5.75 Å². The zero-order chi connectivity index (χ0) is 21.2. The molecule has 2 aliphatic rings. The predicted molar refractivity (Wildman–Crippen MR) is 126 cm³/mol. The second kappa shape index (κ2) is 9.40. The van der Waals surface area contributed by atoms with Crippen molar-refractivity contribution in [3.8, 4) is 17.1 Å². The number of hydrogen-bond acceptors (Lipinski definition) is 4. The van der Waals surface area contributed by atoms with Crippen molar-refractivity contribution in [1.29, 1.82) is 0 Å². The Bertz CT molecular complexity index is 903. The fourth-order valence-electron chi connectivity index (χ4n) is 3.44. The number of nitrogens with zero attached hydrogens (tertiary/aromatic N) is 3. The van der Waals surface area contributed by atoms with Crippen molar-refractivity contribution in [2.45, 2.75) is 76.7 Å². The maximum atomic E-state index is 10.9. The predicted octanol–water partition coefficient (Wildman–Crippen LogP) is 5.43. The standard InChI is InChI=1S/C24H33N3OS.H2O/c1-23(2,3)18-13-17(14-19(22(18)28)24(4,5)6)29-12-8-7-10-27-11-9-20-21(15-27)26-16-25-20;/h9,11,13-16,28H,7-8,10,12H2,1-6H3;1H2. The molecule has 0 spiro atoms. The lowest BCUT2D eigenvalue weighted by molar-refractivity contribution is 0.422. The van der Waals surface area contributed by atoms with Gasteiger partial charge in [-0.05, 0) is 47.6 Å². The number of aromatic nitrogens is 3. The molecule has 1 aromatic carbocycles. The number of hydrogen-bond donors (Lipinski definition) is 1. The van der Waals surface area contributed by atoms with Gasteiger partial charge in [-0.25, -0.2) is 9.97 Å². The Balaban J connectivity index is 0.00000320. The molecule has 0 saturated carbocycles. The van der Waals surface area contributed by atoms with Gasteiger partial charge in [-0.2, -0.15) is 0 Å². The molecule has 0 radical (unpaired) electrons. The number of unbranched alkanes of at least 4 members (excludes halogenated alkanes) is 1. The van der Waals surface area contributed by atoms with Crippen LogP contribution >= 0.6 is 11.8 Å². The Labute approximate surface area is 184 Å². The molecular formula is C24H35N3O2S. The summed E-state index contributed by atoms with van der Waals surface area (Å²) in [4.78, 5) is 9.73. The van der Waals surface area contributed by atoms with E-state index in [0.29, 0.717) is 5.75 Å². The van der Waals surface area contributed by atoms with Crippen molar-refractivity contribution < 1.29 is 10.6 Å². The molecule has 2 heterocycles. The molecule has 0 fully saturated rings. The van der Waals surface area contributed by atoms with Crippen molar-refractivity contribution in [2.24, 2.45) is 0 Å². The molecule has 0 atom stereocenters. The molecule has 0 bridgehead atoms. The molecule has 2 aliphatic heterocycles. The molecule has 3 rings (SSSR count). The van der Waals surface area contributed by atoms with Gasteiger partial charge in [0.1, 0.15) is 17.8 Å². The Morgan fingerprint density at radius 2 is 1.53 bits per heavy atom. The quantitative estimate of drug-likeness (QED) is 0.418. The first kappa shape index (κ1) is 24.2. The second-order valence-electron chi connectivity index (χ2n) is 9.75. The van der Waals surface area contributed by atoms with E-state index >= 15 is 0 Å². The summed E-state index contributed by atoms with van der Waals surface area (Å²) in [5.41, 5.74) is 3.81. The van der Waals surface area contributed by atoms with Crippen LogP contribution < -0.4 is 0 Å². The third kappa shape index (κ3) is 5.76. The monoisotopic (exact) mass is 429 g/mol. The fourth-order valence-corrected chi connectivity index (χ4v) is 4.43. The van der Waals surface area contributed by atoms with Gasteiger partial charge in [0, 0.05) is 35.0 Å². The van der Waals surface area contributed by atoms with Crippen molar-refractivity contribution in [3.05, 3.63) is 48.0 Å². The zero-order valence-corrected chi connectivity index (χ0v) is 19.8. The number of rotatable bonds is 6. The highest BCUT2D eigenvalue weighted by atomic mass is 32.2. The number of thioether (sulfide) groups is 1. The van der Waals surface area contributed by atoms with Crippen LogP contribution in [0.4, 0.5) is 0 Å². The SMILES string of the molecule is CC(C)(C)c1cc(SCCCCn2ccc3ncnc-3c2)cc(C(C)(C)C)c1O.O. The molecule has 0 unspecified atom stereocenters. The van der Waals surface area contributed by atoms with E-state index in [1.807, 2.05) is 17.8 Å². The number of phenolic OH excluding ortho intramolecular Hbond substituents is 1. The minimum absolute atomic E-state index is 0. The van der Waals surface area contributed by atoms with Gasteiger partial charge in [-0.15, -0.1) is 11.8 Å². The lowest BCUT2D eigenvalue weighted by atomic mass is 9.79. The van der Waals surface area contributed by atoms with Gasteiger partial charge < -0.3 is 15.1 Å². The Hall–Kier alpha value is -2.05. The summed E-state index contributed by atoms with van der Waals surface area (Å²) in [6.45, 7) is 14.0. The molecule has 6 heteroatoms. The van der Waals surface area contributed by atoms with Gasteiger partial charge in [0.05, 0.1) is 5.69 Å². The Kier molecular flexibility index (Phi) is 7.59.